The maximum Gasteiger partial charge on any atom is 0.230 e. The van der Waals surface area contributed by atoms with Crippen molar-refractivity contribution in [2.75, 3.05) is 45.9 Å². The van der Waals surface area contributed by atoms with E-state index in [0.717, 1.165) is 39.0 Å². The van der Waals surface area contributed by atoms with Crippen LogP contribution in [-0.4, -0.2) is 74.5 Å². The summed E-state index contributed by atoms with van der Waals surface area (Å²) in [5.74, 6) is 2.17. The molecule has 0 aromatic carbocycles. The molecule has 4 aliphatic rings. The minimum atomic E-state index is -0.361. The van der Waals surface area contributed by atoms with E-state index in [9.17, 15) is 4.79 Å². The van der Waals surface area contributed by atoms with Crippen molar-refractivity contribution < 1.29 is 9.53 Å². The molecule has 0 aromatic rings. The number of hydrogen-bond donors (Lipinski definition) is 4. The van der Waals surface area contributed by atoms with Crippen LogP contribution in [0.25, 0.3) is 0 Å². The van der Waals surface area contributed by atoms with Crippen molar-refractivity contribution in [2.24, 2.45) is 34.8 Å². The molecule has 8 heteroatoms. The molecular weight excluding hydrogens is 402 g/mol. The lowest BCUT2D eigenvalue weighted by Gasteiger charge is -2.47. The molecule has 3 saturated heterocycles. The van der Waals surface area contributed by atoms with E-state index in [1.807, 2.05) is 6.92 Å². The second-order valence-electron chi connectivity index (χ2n) is 10.5. The predicted molar refractivity (Wildman–Crippen MR) is 119 cm³/mol. The molecule has 0 radical (unpaired) electrons. The van der Waals surface area contributed by atoms with Crippen molar-refractivity contribution in [3.8, 4) is 0 Å². The van der Waals surface area contributed by atoms with Gasteiger partial charge in [-0.3, -0.25) is 15.0 Å². The molecule has 7 atom stereocenters. The van der Waals surface area contributed by atoms with Gasteiger partial charge in [-0.05, 0) is 56.9 Å². The zero-order valence-electron chi connectivity index (χ0n) is 18.5. The quantitative estimate of drug-likeness (QED) is 0.458. The molecule has 4 rings (SSSR count). The van der Waals surface area contributed by atoms with Gasteiger partial charge in [0.2, 0.25) is 5.91 Å². The zero-order valence-corrected chi connectivity index (χ0v) is 19.3. The van der Waals surface area contributed by atoms with Crippen LogP contribution < -0.4 is 21.7 Å². The molecule has 1 aliphatic carbocycles. The number of ether oxygens (including phenoxy) is 1. The van der Waals surface area contributed by atoms with Crippen LogP contribution in [0.5, 0.6) is 0 Å². The monoisotopic (exact) mass is 441 g/mol. The number of nitrogens with two attached hydrogens (primary N) is 1. The third kappa shape index (κ3) is 4.81. The number of rotatable bonds is 6. The van der Waals surface area contributed by atoms with Crippen LogP contribution in [0.3, 0.4) is 0 Å². The first-order valence-corrected chi connectivity index (χ1v) is 12.3. The molecule has 3 aliphatic heterocycles. The van der Waals surface area contributed by atoms with E-state index in [-0.39, 0.29) is 29.0 Å². The van der Waals surface area contributed by atoms with Gasteiger partial charge in [-0.25, -0.2) is 0 Å². The van der Waals surface area contributed by atoms with Gasteiger partial charge >= 0.3 is 0 Å². The highest BCUT2D eigenvalue weighted by atomic mass is 35.5. The first-order chi connectivity index (χ1) is 14.4. The van der Waals surface area contributed by atoms with Crippen molar-refractivity contribution in [1.82, 2.24) is 20.9 Å². The molecule has 7 unspecified atom stereocenters. The number of carbonyl (C=O) groups excluding carboxylic acids is 1. The largest absolute Gasteiger partial charge is 0.379 e. The highest BCUT2D eigenvalue weighted by Crippen LogP contribution is 2.35. The third-order valence-electron chi connectivity index (χ3n) is 7.96. The van der Waals surface area contributed by atoms with Crippen molar-refractivity contribution >= 4 is 17.5 Å². The average molecular weight is 442 g/mol. The fraction of sp³-hybridized carbons (Fsp3) is 0.955. The van der Waals surface area contributed by atoms with Gasteiger partial charge in [0.05, 0.1) is 31.0 Å². The van der Waals surface area contributed by atoms with Gasteiger partial charge in [0.1, 0.15) is 0 Å². The fourth-order valence-corrected chi connectivity index (χ4v) is 5.90. The van der Waals surface area contributed by atoms with Crippen LogP contribution in [0.15, 0.2) is 0 Å². The van der Waals surface area contributed by atoms with Gasteiger partial charge in [-0.1, -0.05) is 6.92 Å². The minimum Gasteiger partial charge on any atom is -0.379 e. The number of alkyl halides is 1. The summed E-state index contributed by atoms with van der Waals surface area (Å²) in [4.78, 5) is 15.2. The van der Waals surface area contributed by atoms with Gasteiger partial charge in [0, 0.05) is 37.5 Å². The molecule has 1 amide bonds. The molecule has 1 saturated carbocycles. The van der Waals surface area contributed by atoms with E-state index in [4.69, 9.17) is 22.1 Å². The van der Waals surface area contributed by atoms with Gasteiger partial charge in [-0.2, -0.15) is 0 Å². The molecule has 7 nitrogen and oxygen atoms in total. The molecular formula is C22H40ClN5O2. The Morgan fingerprint density at radius 2 is 2.13 bits per heavy atom. The second-order valence-corrected chi connectivity index (χ2v) is 11.0. The lowest BCUT2D eigenvalue weighted by atomic mass is 9.80. The van der Waals surface area contributed by atoms with Gasteiger partial charge in [-0.15, -0.1) is 11.6 Å². The molecule has 5 N–H and O–H groups in total. The summed E-state index contributed by atoms with van der Waals surface area (Å²) < 4.78 is 5.26. The normalized spacial score (nSPS) is 41.9. The number of halogens is 1. The summed E-state index contributed by atoms with van der Waals surface area (Å²) in [7, 11) is 0. The Labute approximate surface area is 186 Å². The summed E-state index contributed by atoms with van der Waals surface area (Å²) in [6, 6.07) is 0. The van der Waals surface area contributed by atoms with Gasteiger partial charge in [0.25, 0.3) is 0 Å². The Hall–Kier alpha value is -0.440. The van der Waals surface area contributed by atoms with E-state index < -0.39 is 0 Å². The lowest BCUT2D eigenvalue weighted by Crippen LogP contribution is -2.68. The van der Waals surface area contributed by atoms with E-state index in [2.05, 4.69) is 27.8 Å². The molecule has 0 bridgehead atoms. The molecule has 172 valence electrons. The Morgan fingerprint density at radius 3 is 2.77 bits per heavy atom. The van der Waals surface area contributed by atoms with Crippen LogP contribution in [0.2, 0.25) is 0 Å². The maximum absolute atomic E-state index is 12.6. The molecule has 4 fully saturated rings. The Morgan fingerprint density at radius 1 is 1.33 bits per heavy atom. The first-order valence-electron chi connectivity index (χ1n) is 11.8. The van der Waals surface area contributed by atoms with Crippen molar-refractivity contribution in [2.45, 2.75) is 57.2 Å². The molecule has 3 heterocycles. The molecule has 0 aromatic heterocycles. The molecule has 30 heavy (non-hydrogen) atoms. The van der Waals surface area contributed by atoms with Crippen LogP contribution in [0.1, 0.15) is 39.5 Å². The third-order valence-corrected chi connectivity index (χ3v) is 8.57. The fourth-order valence-electron chi connectivity index (χ4n) is 5.54. The second kappa shape index (κ2) is 9.59. The predicted octanol–water partition coefficient (Wildman–Crippen LogP) is 0.925. The number of amides is 1. The highest BCUT2D eigenvalue weighted by molar-refractivity contribution is 6.20. The van der Waals surface area contributed by atoms with Crippen LogP contribution in [-0.2, 0) is 9.53 Å². The highest BCUT2D eigenvalue weighted by Gasteiger charge is 2.43. The number of likely N-dealkylation sites (tertiary alicyclic amines) is 1. The Balaban J connectivity index is 1.39. The maximum atomic E-state index is 12.6. The smallest absolute Gasteiger partial charge is 0.230 e. The number of nitrogens with zero attached hydrogens (tertiary/aromatic N) is 1. The summed E-state index contributed by atoms with van der Waals surface area (Å²) >= 11 is 6.62. The van der Waals surface area contributed by atoms with Crippen LogP contribution in [0.4, 0.5) is 0 Å². The van der Waals surface area contributed by atoms with Gasteiger partial charge < -0.3 is 21.1 Å². The van der Waals surface area contributed by atoms with E-state index >= 15 is 0 Å². The zero-order chi connectivity index (χ0) is 21.3. The van der Waals surface area contributed by atoms with E-state index in [0.29, 0.717) is 43.4 Å². The summed E-state index contributed by atoms with van der Waals surface area (Å²) in [5, 5.41) is 11.1. The van der Waals surface area contributed by atoms with Crippen LogP contribution in [0, 0.1) is 29.1 Å². The number of hydrogen-bond acceptors (Lipinski definition) is 6. The van der Waals surface area contributed by atoms with Crippen molar-refractivity contribution in [1.29, 1.82) is 0 Å². The summed E-state index contributed by atoms with van der Waals surface area (Å²) in [6.07, 6.45) is 5.17. The molecule has 0 spiro atoms. The summed E-state index contributed by atoms with van der Waals surface area (Å²) in [6.45, 7) is 9.73. The Kier molecular flexibility index (Phi) is 7.27. The van der Waals surface area contributed by atoms with E-state index in [1.54, 1.807) is 0 Å². The first kappa shape index (κ1) is 22.7. The lowest BCUT2D eigenvalue weighted by molar-refractivity contribution is -0.158. The topological polar surface area (TPSA) is 91.7 Å². The van der Waals surface area contributed by atoms with Crippen molar-refractivity contribution in [3.05, 3.63) is 0 Å². The number of carbonyl (C=O) groups is 1. The van der Waals surface area contributed by atoms with Crippen LogP contribution >= 0.6 is 11.6 Å². The minimum absolute atomic E-state index is 0.113. The van der Waals surface area contributed by atoms with Crippen molar-refractivity contribution in [3.63, 3.8) is 0 Å². The average Bonchev–Trinajstić information content (AvgIpc) is 3.21. The standard InChI is InChI=1S/C22H40ClN5O2/c1-14-3-4-16(7-18(14)23)19-25-9-17(10-26-21(29)22(2)12-30-13-22)20(27-19)28-6-5-15(8-24)11-28/h14-20,25,27H,3-13,24H2,1-2H3,(H,26,29). The van der Waals surface area contributed by atoms with E-state index in [1.165, 1.54) is 12.8 Å². The Bertz CT molecular complexity index is 604. The summed E-state index contributed by atoms with van der Waals surface area (Å²) in [5.41, 5.74) is 5.60. The van der Waals surface area contributed by atoms with Gasteiger partial charge in [0.15, 0.2) is 0 Å². The SMILES string of the molecule is CC1CCC(C2NCC(CNC(=O)C3(C)COC3)C(N3CCC(CN)C3)N2)CC1Cl. The number of nitrogens with one attached hydrogen (secondary N) is 3.